The molecule has 0 saturated carbocycles. The summed E-state index contributed by atoms with van der Waals surface area (Å²) in [5.41, 5.74) is -0.285. The van der Waals surface area contributed by atoms with Crippen molar-refractivity contribution < 1.29 is 27.5 Å². The van der Waals surface area contributed by atoms with E-state index in [0.29, 0.717) is 22.4 Å². The molecule has 1 aromatic heterocycles. The zero-order valence-corrected chi connectivity index (χ0v) is 18.5. The van der Waals surface area contributed by atoms with E-state index in [4.69, 9.17) is 4.74 Å². The van der Waals surface area contributed by atoms with Crippen LogP contribution in [0.3, 0.4) is 0 Å². The highest BCUT2D eigenvalue weighted by Gasteiger charge is 2.30. The molecular weight excluding hydrogens is 459 g/mol. The van der Waals surface area contributed by atoms with Crippen molar-refractivity contribution in [1.82, 2.24) is 14.8 Å². The Morgan fingerprint density at radius 1 is 1.06 bits per heavy atom. The van der Waals surface area contributed by atoms with Crippen LogP contribution >= 0.6 is 11.8 Å². The van der Waals surface area contributed by atoms with Crippen molar-refractivity contribution in [3.05, 3.63) is 59.9 Å². The lowest BCUT2D eigenvalue weighted by molar-refractivity contribution is -0.137. The van der Waals surface area contributed by atoms with Crippen molar-refractivity contribution in [2.45, 2.75) is 17.8 Å². The van der Waals surface area contributed by atoms with E-state index >= 15 is 0 Å². The van der Waals surface area contributed by atoms with Gasteiger partial charge in [0.05, 0.1) is 30.5 Å². The first-order valence-electron chi connectivity index (χ1n) is 9.58. The lowest BCUT2D eigenvalue weighted by Gasteiger charge is -2.10. The second-order valence-electron chi connectivity index (χ2n) is 6.80. The first kappa shape index (κ1) is 24.1. The second-order valence-corrected chi connectivity index (χ2v) is 7.74. The first-order chi connectivity index (χ1) is 15.7. The number of thioether (sulfide) groups is 1. The van der Waals surface area contributed by atoms with Crippen molar-refractivity contribution in [2.75, 3.05) is 23.5 Å². The number of methoxy groups -OCH3 is 1. The van der Waals surface area contributed by atoms with Crippen LogP contribution in [-0.4, -0.2) is 39.4 Å². The molecule has 3 rings (SSSR count). The van der Waals surface area contributed by atoms with Gasteiger partial charge in [-0.3, -0.25) is 9.59 Å². The van der Waals surface area contributed by atoms with Crippen LogP contribution in [-0.2, 0) is 29.2 Å². The summed E-state index contributed by atoms with van der Waals surface area (Å²) in [5.74, 6) is -0.0306. The number of anilines is 2. The summed E-state index contributed by atoms with van der Waals surface area (Å²) in [5, 5.41) is 13.5. The average molecular weight is 479 g/mol. The number of nitrogens with zero attached hydrogens (tertiary/aromatic N) is 3. The molecule has 0 fully saturated rings. The van der Waals surface area contributed by atoms with Crippen LogP contribution in [0, 0.1) is 0 Å². The minimum atomic E-state index is -4.50. The summed E-state index contributed by atoms with van der Waals surface area (Å²) in [4.78, 5) is 24.5. The van der Waals surface area contributed by atoms with Gasteiger partial charge in [0.2, 0.25) is 11.8 Å². The fourth-order valence-corrected chi connectivity index (χ4v) is 3.54. The van der Waals surface area contributed by atoms with Crippen molar-refractivity contribution in [3.63, 3.8) is 0 Å². The first-order valence-corrected chi connectivity index (χ1v) is 10.6. The van der Waals surface area contributed by atoms with E-state index in [9.17, 15) is 22.8 Å². The highest BCUT2D eigenvalue weighted by Crippen LogP contribution is 2.30. The lowest BCUT2D eigenvalue weighted by Crippen LogP contribution is -2.17. The van der Waals surface area contributed by atoms with Gasteiger partial charge in [0.25, 0.3) is 0 Å². The Kier molecular flexibility index (Phi) is 7.59. The molecule has 3 aromatic rings. The van der Waals surface area contributed by atoms with Crippen LogP contribution < -0.4 is 15.4 Å². The van der Waals surface area contributed by atoms with Gasteiger partial charge in [-0.1, -0.05) is 30.0 Å². The number of ether oxygens (including phenoxy) is 1. The zero-order chi connectivity index (χ0) is 24.0. The number of rotatable bonds is 8. The number of carbonyl (C=O) groups excluding carboxylic acids is 2. The SMILES string of the molecule is COc1ccccc1NC(=O)Cc1nnc(SCC(=O)Nc2cccc(C(F)(F)F)c2)n1C. The highest BCUT2D eigenvalue weighted by molar-refractivity contribution is 7.99. The van der Waals surface area contributed by atoms with Crippen molar-refractivity contribution in [2.24, 2.45) is 7.05 Å². The Balaban J connectivity index is 1.55. The van der Waals surface area contributed by atoms with Crippen molar-refractivity contribution in [3.8, 4) is 5.75 Å². The molecule has 174 valence electrons. The predicted octanol–water partition coefficient (Wildman–Crippen LogP) is 3.75. The number of para-hydroxylation sites is 2. The lowest BCUT2D eigenvalue weighted by atomic mass is 10.2. The van der Waals surface area contributed by atoms with Crippen LogP contribution in [0.5, 0.6) is 5.75 Å². The average Bonchev–Trinajstić information content (AvgIpc) is 3.11. The molecule has 2 amide bonds. The van der Waals surface area contributed by atoms with Gasteiger partial charge in [0.1, 0.15) is 11.6 Å². The Morgan fingerprint density at radius 3 is 2.55 bits per heavy atom. The number of alkyl halides is 3. The number of hydrogen-bond acceptors (Lipinski definition) is 6. The molecule has 0 bridgehead atoms. The molecule has 1 heterocycles. The van der Waals surface area contributed by atoms with Crippen LogP contribution in [0.2, 0.25) is 0 Å². The molecule has 0 aliphatic heterocycles. The molecule has 2 N–H and O–H groups in total. The molecule has 0 aliphatic rings. The molecular formula is C21H20F3N5O3S. The Morgan fingerprint density at radius 2 is 1.82 bits per heavy atom. The molecule has 33 heavy (non-hydrogen) atoms. The Bertz CT molecular complexity index is 1150. The fraction of sp³-hybridized carbons (Fsp3) is 0.238. The van der Waals surface area contributed by atoms with Gasteiger partial charge in [-0.2, -0.15) is 13.2 Å². The summed E-state index contributed by atoms with van der Waals surface area (Å²) < 4.78 is 45.2. The molecule has 0 unspecified atom stereocenters. The number of aromatic nitrogens is 3. The van der Waals surface area contributed by atoms with Crippen LogP contribution in [0.25, 0.3) is 0 Å². The number of nitrogens with one attached hydrogen (secondary N) is 2. The second kappa shape index (κ2) is 10.4. The number of halogens is 3. The Hall–Kier alpha value is -3.54. The zero-order valence-electron chi connectivity index (χ0n) is 17.6. The number of carbonyl (C=O) groups is 2. The topological polar surface area (TPSA) is 98.1 Å². The number of benzene rings is 2. The number of amides is 2. The third kappa shape index (κ3) is 6.48. The van der Waals surface area contributed by atoms with Crippen molar-refractivity contribution >= 4 is 35.0 Å². The van der Waals surface area contributed by atoms with E-state index in [2.05, 4.69) is 20.8 Å². The Labute approximate surface area is 191 Å². The highest BCUT2D eigenvalue weighted by atomic mass is 32.2. The van der Waals surface area contributed by atoms with Gasteiger partial charge in [-0.15, -0.1) is 10.2 Å². The molecule has 0 aliphatic carbocycles. The van der Waals surface area contributed by atoms with Crippen LogP contribution in [0.1, 0.15) is 11.4 Å². The summed E-state index contributed by atoms with van der Waals surface area (Å²) in [6.07, 6.45) is -4.55. The molecule has 0 spiro atoms. The molecule has 12 heteroatoms. The van der Waals surface area contributed by atoms with E-state index in [0.717, 1.165) is 23.9 Å². The summed E-state index contributed by atoms with van der Waals surface area (Å²) in [7, 11) is 3.15. The smallest absolute Gasteiger partial charge is 0.416 e. The van der Waals surface area contributed by atoms with Gasteiger partial charge >= 0.3 is 6.18 Å². The van der Waals surface area contributed by atoms with Gasteiger partial charge in [0, 0.05) is 12.7 Å². The van der Waals surface area contributed by atoms with Crippen molar-refractivity contribution in [1.29, 1.82) is 0 Å². The summed E-state index contributed by atoms with van der Waals surface area (Å²) in [6.45, 7) is 0. The minimum absolute atomic E-state index is 0.0436. The third-order valence-electron chi connectivity index (χ3n) is 4.43. The summed E-state index contributed by atoms with van der Waals surface area (Å²) in [6, 6.07) is 11.4. The molecule has 0 radical (unpaired) electrons. The maximum absolute atomic E-state index is 12.8. The predicted molar refractivity (Wildman–Crippen MR) is 117 cm³/mol. The largest absolute Gasteiger partial charge is 0.495 e. The quantitative estimate of drug-likeness (QED) is 0.478. The molecule has 0 atom stereocenters. The maximum Gasteiger partial charge on any atom is 0.416 e. The van der Waals surface area contributed by atoms with Gasteiger partial charge in [-0.05, 0) is 30.3 Å². The summed E-state index contributed by atoms with van der Waals surface area (Å²) >= 11 is 1.05. The maximum atomic E-state index is 12.8. The standard InChI is InChI=1S/C21H20F3N5O3S/c1-29-17(11-18(30)26-15-8-3-4-9-16(15)32-2)27-28-20(29)33-12-19(31)25-14-7-5-6-13(10-14)21(22,23)24/h3-10H,11-12H2,1-2H3,(H,25,31)(H,26,30). The minimum Gasteiger partial charge on any atom is -0.495 e. The molecule has 2 aromatic carbocycles. The normalized spacial score (nSPS) is 11.2. The van der Waals surface area contributed by atoms with E-state index in [1.165, 1.54) is 19.2 Å². The van der Waals surface area contributed by atoms with E-state index < -0.39 is 17.6 Å². The van der Waals surface area contributed by atoms with Gasteiger partial charge in [-0.25, -0.2) is 0 Å². The van der Waals surface area contributed by atoms with Gasteiger partial charge < -0.3 is 19.9 Å². The van der Waals surface area contributed by atoms with E-state index in [1.807, 2.05) is 0 Å². The van der Waals surface area contributed by atoms with E-state index in [-0.39, 0.29) is 23.8 Å². The molecule has 0 saturated heterocycles. The third-order valence-corrected chi connectivity index (χ3v) is 5.45. The monoisotopic (exact) mass is 479 g/mol. The van der Waals surface area contributed by atoms with Crippen LogP contribution in [0.15, 0.2) is 53.7 Å². The van der Waals surface area contributed by atoms with E-state index in [1.54, 1.807) is 35.9 Å². The van der Waals surface area contributed by atoms with Gasteiger partial charge in [0.15, 0.2) is 5.16 Å². The number of hydrogen-bond donors (Lipinski definition) is 2. The molecule has 8 nitrogen and oxygen atoms in total. The van der Waals surface area contributed by atoms with Crippen LogP contribution in [0.4, 0.5) is 24.5 Å². The fourth-order valence-electron chi connectivity index (χ4n) is 2.81.